The Morgan fingerprint density at radius 3 is 2.59 bits per heavy atom. The number of hydrogen-bond donors (Lipinski definition) is 0. The van der Waals surface area contributed by atoms with Gasteiger partial charge in [0, 0.05) is 23.0 Å². The summed E-state index contributed by atoms with van der Waals surface area (Å²) in [7, 11) is 0. The molecule has 0 bridgehead atoms. The van der Waals surface area contributed by atoms with Crippen LogP contribution in [0.3, 0.4) is 0 Å². The van der Waals surface area contributed by atoms with Crippen molar-refractivity contribution < 1.29 is 0 Å². The van der Waals surface area contributed by atoms with Crippen molar-refractivity contribution in [3.8, 4) is 17.3 Å². The van der Waals surface area contributed by atoms with Crippen molar-refractivity contribution >= 4 is 22.8 Å². The smallest absolute Gasteiger partial charge is 0.234 e. The van der Waals surface area contributed by atoms with Crippen LogP contribution >= 0.6 is 11.6 Å². The number of nitriles is 1. The maximum absolute atomic E-state index is 9.47. The SMILES string of the molecule is CC1CCC(Cn2c(C3CC3)nc3nc(C#N)nc(-c4cccc(Cl)c4)c32)CC1. The highest BCUT2D eigenvalue weighted by Gasteiger charge is 2.32. The van der Waals surface area contributed by atoms with E-state index in [2.05, 4.69) is 27.5 Å². The van der Waals surface area contributed by atoms with Gasteiger partial charge in [-0.05, 0) is 49.7 Å². The van der Waals surface area contributed by atoms with Gasteiger partial charge in [-0.3, -0.25) is 0 Å². The molecule has 1 aromatic carbocycles. The molecule has 2 heterocycles. The molecule has 0 atom stereocenters. The second-order valence-corrected chi connectivity index (χ2v) is 9.11. The molecule has 0 saturated heterocycles. The molecule has 5 rings (SSSR count). The third-order valence-corrected chi connectivity index (χ3v) is 6.58. The monoisotopic (exact) mass is 405 g/mol. The first kappa shape index (κ1) is 18.6. The average Bonchev–Trinajstić information content (AvgIpc) is 3.51. The molecule has 2 aliphatic rings. The molecule has 2 saturated carbocycles. The van der Waals surface area contributed by atoms with Crippen molar-refractivity contribution in [1.82, 2.24) is 19.5 Å². The summed E-state index contributed by atoms with van der Waals surface area (Å²) < 4.78 is 2.37. The molecule has 0 unspecified atom stereocenters. The quantitative estimate of drug-likeness (QED) is 0.556. The van der Waals surface area contributed by atoms with Crippen molar-refractivity contribution in [1.29, 1.82) is 5.26 Å². The molecular weight excluding hydrogens is 382 g/mol. The van der Waals surface area contributed by atoms with Crippen LogP contribution < -0.4 is 0 Å². The van der Waals surface area contributed by atoms with Gasteiger partial charge >= 0.3 is 0 Å². The van der Waals surface area contributed by atoms with E-state index in [0.717, 1.165) is 35.1 Å². The summed E-state index contributed by atoms with van der Waals surface area (Å²) in [6.45, 7) is 3.31. The van der Waals surface area contributed by atoms with Gasteiger partial charge in [0.15, 0.2) is 5.65 Å². The van der Waals surface area contributed by atoms with Crippen LogP contribution in [0.1, 0.15) is 63.0 Å². The molecule has 6 heteroatoms. The first-order chi connectivity index (χ1) is 14.1. The summed E-state index contributed by atoms with van der Waals surface area (Å²) in [5.41, 5.74) is 3.25. The van der Waals surface area contributed by atoms with Gasteiger partial charge in [0.25, 0.3) is 0 Å². The summed E-state index contributed by atoms with van der Waals surface area (Å²) >= 11 is 6.26. The number of hydrogen-bond acceptors (Lipinski definition) is 4. The van der Waals surface area contributed by atoms with Crippen LogP contribution in [-0.4, -0.2) is 19.5 Å². The lowest BCUT2D eigenvalue weighted by Crippen LogP contribution is -2.19. The number of nitrogens with zero attached hydrogens (tertiary/aromatic N) is 5. The van der Waals surface area contributed by atoms with Crippen molar-refractivity contribution in [3.05, 3.63) is 40.9 Å². The minimum atomic E-state index is 0.158. The molecule has 0 radical (unpaired) electrons. The number of fused-ring (bicyclic) bond motifs is 1. The predicted octanol–water partition coefficient (Wildman–Crippen LogP) is 5.72. The van der Waals surface area contributed by atoms with Gasteiger partial charge in [-0.2, -0.15) is 10.2 Å². The lowest BCUT2D eigenvalue weighted by Gasteiger charge is -2.27. The molecule has 2 aliphatic carbocycles. The Bertz CT molecular complexity index is 1100. The number of imidazole rings is 1. The molecule has 29 heavy (non-hydrogen) atoms. The van der Waals surface area contributed by atoms with Crippen LogP contribution in [0.2, 0.25) is 5.02 Å². The molecule has 2 aromatic heterocycles. The van der Waals surface area contributed by atoms with Crippen LogP contribution in [-0.2, 0) is 6.54 Å². The fourth-order valence-electron chi connectivity index (χ4n) is 4.55. The van der Waals surface area contributed by atoms with E-state index in [1.165, 1.54) is 38.5 Å². The summed E-state index contributed by atoms with van der Waals surface area (Å²) in [4.78, 5) is 14.0. The van der Waals surface area contributed by atoms with Crippen LogP contribution in [0, 0.1) is 23.2 Å². The third-order valence-electron chi connectivity index (χ3n) is 6.35. The van der Waals surface area contributed by atoms with E-state index in [-0.39, 0.29) is 5.82 Å². The maximum atomic E-state index is 9.47. The van der Waals surface area contributed by atoms with Crippen LogP contribution in [0.15, 0.2) is 24.3 Å². The maximum Gasteiger partial charge on any atom is 0.234 e. The van der Waals surface area contributed by atoms with Gasteiger partial charge in [-0.25, -0.2) is 9.97 Å². The minimum Gasteiger partial charge on any atom is -0.324 e. The zero-order chi connectivity index (χ0) is 20.0. The molecule has 0 spiro atoms. The molecule has 3 aromatic rings. The van der Waals surface area contributed by atoms with E-state index in [1.54, 1.807) is 0 Å². The normalized spacial score (nSPS) is 22.0. The molecular formula is C23H24ClN5. The highest BCUT2D eigenvalue weighted by Crippen LogP contribution is 2.42. The van der Waals surface area contributed by atoms with Crippen molar-refractivity contribution in [2.45, 2.75) is 57.9 Å². The van der Waals surface area contributed by atoms with Gasteiger partial charge in [0.2, 0.25) is 5.82 Å². The molecule has 2 fully saturated rings. The van der Waals surface area contributed by atoms with Gasteiger partial charge in [-0.1, -0.05) is 43.5 Å². The molecule has 5 nitrogen and oxygen atoms in total. The fourth-order valence-corrected chi connectivity index (χ4v) is 4.74. The Hall–Kier alpha value is -2.45. The lowest BCUT2D eigenvalue weighted by atomic mass is 9.83. The first-order valence-corrected chi connectivity index (χ1v) is 10.9. The van der Waals surface area contributed by atoms with E-state index >= 15 is 0 Å². The van der Waals surface area contributed by atoms with Gasteiger partial charge in [-0.15, -0.1) is 0 Å². The molecule has 0 N–H and O–H groups in total. The lowest BCUT2D eigenvalue weighted by molar-refractivity contribution is 0.265. The number of halogens is 1. The van der Waals surface area contributed by atoms with Crippen LogP contribution in [0.5, 0.6) is 0 Å². The van der Waals surface area contributed by atoms with Crippen LogP contribution in [0.4, 0.5) is 0 Å². The fraction of sp³-hybridized carbons (Fsp3) is 0.478. The Kier molecular flexibility index (Phi) is 4.75. The van der Waals surface area contributed by atoms with E-state index in [4.69, 9.17) is 16.6 Å². The Balaban J connectivity index is 1.68. The minimum absolute atomic E-state index is 0.158. The highest BCUT2D eigenvalue weighted by atomic mass is 35.5. The average molecular weight is 406 g/mol. The van der Waals surface area contributed by atoms with Crippen LogP contribution in [0.25, 0.3) is 22.4 Å². The van der Waals surface area contributed by atoms with Crippen molar-refractivity contribution in [2.75, 3.05) is 0 Å². The Morgan fingerprint density at radius 2 is 1.90 bits per heavy atom. The second kappa shape index (κ2) is 7.42. The zero-order valence-corrected chi connectivity index (χ0v) is 17.4. The van der Waals surface area contributed by atoms with Gasteiger partial charge < -0.3 is 4.57 Å². The molecule has 0 aliphatic heterocycles. The summed E-state index contributed by atoms with van der Waals surface area (Å²) in [5, 5.41) is 10.1. The number of aromatic nitrogens is 4. The second-order valence-electron chi connectivity index (χ2n) is 8.67. The zero-order valence-electron chi connectivity index (χ0n) is 16.6. The summed E-state index contributed by atoms with van der Waals surface area (Å²) in [5.74, 6) is 3.27. The number of rotatable bonds is 4. The van der Waals surface area contributed by atoms with E-state index in [0.29, 0.717) is 22.5 Å². The topological polar surface area (TPSA) is 67.4 Å². The van der Waals surface area contributed by atoms with Crippen molar-refractivity contribution in [3.63, 3.8) is 0 Å². The van der Waals surface area contributed by atoms with E-state index < -0.39 is 0 Å². The van der Waals surface area contributed by atoms with Gasteiger partial charge in [0.05, 0.1) is 0 Å². The van der Waals surface area contributed by atoms with Crippen molar-refractivity contribution in [2.24, 2.45) is 11.8 Å². The third kappa shape index (κ3) is 3.62. The predicted molar refractivity (Wildman–Crippen MR) is 114 cm³/mol. The van der Waals surface area contributed by atoms with E-state index in [1.807, 2.05) is 24.3 Å². The van der Waals surface area contributed by atoms with Gasteiger partial charge in [0.1, 0.15) is 23.1 Å². The Morgan fingerprint density at radius 1 is 1.10 bits per heavy atom. The highest BCUT2D eigenvalue weighted by molar-refractivity contribution is 6.30. The Labute approximate surface area is 175 Å². The standard InChI is InChI=1S/C23H24ClN5/c1-14-5-7-15(8-6-14)13-29-21-20(17-3-2-4-18(24)11-17)26-19(12-25)27-22(21)28-23(29)16-9-10-16/h2-4,11,14-16H,5-10,13H2,1H3. The largest absolute Gasteiger partial charge is 0.324 e. The molecule has 148 valence electrons. The first-order valence-electron chi connectivity index (χ1n) is 10.6. The van der Waals surface area contributed by atoms with E-state index in [9.17, 15) is 5.26 Å². The summed E-state index contributed by atoms with van der Waals surface area (Å²) in [6.07, 6.45) is 7.47. The molecule has 0 amide bonds. The number of benzene rings is 1. The summed E-state index contributed by atoms with van der Waals surface area (Å²) in [6, 6.07) is 9.77.